The molecule has 2 atom stereocenters. The van der Waals surface area contributed by atoms with Crippen LogP contribution in [0.15, 0.2) is 42.5 Å². The van der Waals surface area contributed by atoms with E-state index in [4.69, 9.17) is 4.74 Å². The van der Waals surface area contributed by atoms with Crippen molar-refractivity contribution in [3.63, 3.8) is 0 Å². The van der Waals surface area contributed by atoms with Gasteiger partial charge in [0.1, 0.15) is 18.2 Å². The number of rotatable bonds is 3. The molecule has 1 amide bonds. The molecular weight excluding hydrogens is 307 g/mol. The van der Waals surface area contributed by atoms with Crippen LogP contribution in [0.4, 0.5) is 4.39 Å². The maximum absolute atomic E-state index is 13.2. The van der Waals surface area contributed by atoms with E-state index in [1.807, 2.05) is 18.2 Å². The largest absolute Gasteiger partial charge is 0.489 e. The maximum Gasteiger partial charge on any atom is 0.251 e. The Morgan fingerprint density at radius 1 is 1.12 bits per heavy atom. The Kier molecular flexibility index (Phi) is 3.94. The molecule has 24 heavy (non-hydrogen) atoms. The molecule has 0 unspecified atom stereocenters. The SMILES string of the molecule is O=C1NC[C@@H]2CNC[C@H]2c2ccc(OCc3cccc(F)c3)cc21. The third-order valence-electron chi connectivity index (χ3n) is 4.83. The fraction of sp³-hybridized carbons (Fsp3) is 0.316. The Balaban J connectivity index is 1.57. The molecule has 0 spiro atoms. The molecule has 0 bridgehead atoms. The number of carbonyl (C=O) groups is 1. The molecule has 2 aromatic rings. The highest BCUT2D eigenvalue weighted by Gasteiger charge is 2.34. The van der Waals surface area contributed by atoms with Gasteiger partial charge in [0.15, 0.2) is 0 Å². The highest BCUT2D eigenvalue weighted by Crippen LogP contribution is 2.34. The minimum absolute atomic E-state index is 0.0457. The molecule has 0 aliphatic carbocycles. The van der Waals surface area contributed by atoms with Gasteiger partial charge in [-0.1, -0.05) is 18.2 Å². The Hall–Kier alpha value is -2.40. The lowest BCUT2D eigenvalue weighted by Gasteiger charge is -2.17. The molecule has 124 valence electrons. The molecular formula is C19H19FN2O2. The summed E-state index contributed by atoms with van der Waals surface area (Å²) in [7, 11) is 0. The number of amides is 1. The van der Waals surface area contributed by atoms with Crippen molar-refractivity contribution in [1.29, 1.82) is 0 Å². The van der Waals surface area contributed by atoms with Gasteiger partial charge in [-0.05, 0) is 41.3 Å². The Morgan fingerprint density at radius 2 is 2.04 bits per heavy atom. The summed E-state index contributed by atoms with van der Waals surface area (Å²) >= 11 is 0. The number of halogens is 1. The first-order chi connectivity index (χ1) is 11.7. The summed E-state index contributed by atoms with van der Waals surface area (Å²) in [5, 5.41) is 6.39. The first kappa shape index (κ1) is 15.1. The number of carbonyl (C=O) groups excluding carboxylic acids is 1. The molecule has 0 saturated carbocycles. The van der Waals surface area contributed by atoms with Gasteiger partial charge in [-0.15, -0.1) is 0 Å². The van der Waals surface area contributed by atoms with E-state index >= 15 is 0 Å². The Morgan fingerprint density at radius 3 is 2.92 bits per heavy atom. The van der Waals surface area contributed by atoms with Crippen molar-refractivity contribution in [2.24, 2.45) is 5.92 Å². The van der Waals surface area contributed by atoms with Crippen molar-refractivity contribution in [1.82, 2.24) is 10.6 Å². The molecule has 2 aliphatic heterocycles. The minimum Gasteiger partial charge on any atom is -0.489 e. The summed E-state index contributed by atoms with van der Waals surface area (Å²) in [5.41, 5.74) is 2.52. The van der Waals surface area contributed by atoms with Crippen LogP contribution in [0, 0.1) is 11.7 Å². The summed E-state index contributed by atoms with van der Waals surface area (Å²) in [4.78, 5) is 12.4. The molecule has 0 aromatic heterocycles. The molecule has 4 rings (SSSR count). The van der Waals surface area contributed by atoms with Gasteiger partial charge in [-0.3, -0.25) is 4.79 Å². The van der Waals surface area contributed by atoms with Crippen molar-refractivity contribution in [3.05, 3.63) is 65.0 Å². The second kappa shape index (κ2) is 6.24. The first-order valence-corrected chi connectivity index (χ1v) is 8.21. The minimum atomic E-state index is -0.280. The van der Waals surface area contributed by atoms with Gasteiger partial charge < -0.3 is 15.4 Å². The topological polar surface area (TPSA) is 50.4 Å². The number of hydrogen-bond acceptors (Lipinski definition) is 3. The van der Waals surface area contributed by atoms with E-state index in [1.54, 1.807) is 12.1 Å². The van der Waals surface area contributed by atoms with Crippen molar-refractivity contribution < 1.29 is 13.9 Å². The predicted octanol–water partition coefficient (Wildman–Crippen LogP) is 2.45. The second-order valence-corrected chi connectivity index (χ2v) is 6.40. The molecule has 1 saturated heterocycles. The summed E-state index contributed by atoms with van der Waals surface area (Å²) in [5.74, 6) is 1.09. The molecule has 2 heterocycles. The smallest absolute Gasteiger partial charge is 0.251 e. The summed E-state index contributed by atoms with van der Waals surface area (Å²) in [6, 6.07) is 12.0. The molecule has 2 aromatic carbocycles. The lowest BCUT2D eigenvalue weighted by atomic mass is 9.87. The summed E-state index contributed by atoms with van der Waals surface area (Å²) < 4.78 is 19.0. The van der Waals surface area contributed by atoms with Gasteiger partial charge in [-0.2, -0.15) is 0 Å². The molecule has 1 fully saturated rings. The van der Waals surface area contributed by atoms with E-state index in [2.05, 4.69) is 10.6 Å². The average Bonchev–Trinajstić information content (AvgIpc) is 3.01. The number of benzene rings is 2. The van der Waals surface area contributed by atoms with Crippen LogP contribution in [0.25, 0.3) is 0 Å². The summed E-state index contributed by atoms with van der Waals surface area (Å²) in [6.45, 7) is 2.80. The van der Waals surface area contributed by atoms with E-state index in [1.165, 1.54) is 12.1 Å². The van der Waals surface area contributed by atoms with Gasteiger partial charge in [0, 0.05) is 31.1 Å². The van der Waals surface area contributed by atoms with Gasteiger partial charge in [0.05, 0.1) is 0 Å². The maximum atomic E-state index is 13.2. The zero-order valence-corrected chi connectivity index (χ0v) is 13.2. The lowest BCUT2D eigenvalue weighted by Crippen LogP contribution is -2.28. The monoisotopic (exact) mass is 326 g/mol. The molecule has 5 heteroatoms. The number of fused-ring (bicyclic) bond motifs is 3. The first-order valence-electron chi connectivity index (χ1n) is 8.21. The number of ether oxygens (including phenoxy) is 1. The van der Waals surface area contributed by atoms with E-state index in [0.29, 0.717) is 29.7 Å². The van der Waals surface area contributed by atoms with Crippen LogP contribution in [0.1, 0.15) is 27.4 Å². The third-order valence-corrected chi connectivity index (χ3v) is 4.83. The molecule has 4 nitrogen and oxygen atoms in total. The van der Waals surface area contributed by atoms with Gasteiger partial charge in [0.2, 0.25) is 0 Å². The Labute approximate surface area is 140 Å². The zero-order valence-electron chi connectivity index (χ0n) is 13.2. The summed E-state index contributed by atoms with van der Waals surface area (Å²) in [6.07, 6.45) is 0. The van der Waals surface area contributed by atoms with Crippen molar-refractivity contribution in [2.45, 2.75) is 12.5 Å². The van der Waals surface area contributed by atoms with Gasteiger partial charge >= 0.3 is 0 Å². The van der Waals surface area contributed by atoms with Gasteiger partial charge in [-0.25, -0.2) is 4.39 Å². The third kappa shape index (κ3) is 2.87. The van der Waals surface area contributed by atoms with Crippen LogP contribution < -0.4 is 15.4 Å². The van der Waals surface area contributed by atoms with Crippen molar-refractivity contribution in [2.75, 3.05) is 19.6 Å². The van der Waals surface area contributed by atoms with Crippen LogP contribution in [-0.2, 0) is 6.61 Å². The molecule has 2 aliphatic rings. The van der Waals surface area contributed by atoms with E-state index in [0.717, 1.165) is 24.2 Å². The van der Waals surface area contributed by atoms with Crippen molar-refractivity contribution >= 4 is 5.91 Å². The highest BCUT2D eigenvalue weighted by atomic mass is 19.1. The predicted molar refractivity (Wildman–Crippen MR) is 88.6 cm³/mol. The van der Waals surface area contributed by atoms with Crippen LogP contribution in [0.5, 0.6) is 5.75 Å². The highest BCUT2D eigenvalue weighted by molar-refractivity contribution is 5.96. The Bertz CT molecular complexity index is 778. The quantitative estimate of drug-likeness (QED) is 0.911. The second-order valence-electron chi connectivity index (χ2n) is 6.40. The number of nitrogens with one attached hydrogen (secondary N) is 2. The fourth-order valence-electron chi connectivity index (χ4n) is 3.57. The average molecular weight is 326 g/mol. The lowest BCUT2D eigenvalue weighted by molar-refractivity contribution is 0.0952. The van der Waals surface area contributed by atoms with Gasteiger partial charge in [0.25, 0.3) is 5.91 Å². The molecule has 0 radical (unpaired) electrons. The van der Waals surface area contributed by atoms with Crippen LogP contribution in [0.2, 0.25) is 0 Å². The molecule has 2 N–H and O–H groups in total. The van der Waals surface area contributed by atoms with Crippen molar-refractivity contribution in [3.8, 4) is 5.75 Å². The normalized spacial score (nSPS) is 22.3. The van der Waals surface area contributed by atoms with E-state index < -0.39 is 0 Å². The standard InChI is InChI=1S/C19H19FN2O2/c20-14-3-1-2-12(6-14)11-24-15-4-5-16-17(7-15)19(23)22-9-13-8-21-10-18(13)16/h1-7,13,18,21H,8-11H2,(H,22,23)/t13-,18+/m0/s1. The van der Waals surface area contributed by atoms with E-state index in [-0.39, 0.29) is 18.3 Å². The fourth-order valence-corrected chi connectivity index (χ4v) is 3.57. The van der Waals surface area contributed by atoms with Crippen LogP contribution in [0.3, 0.4) is 0 Å². The number of hydrogen-bond donors (Lipinski definition) is 2. The van der Waals surface area contributed by atoms with Crippen LogP contribution in [-0.4, -0.2) is 25.5 Å². The van der Waals surface area contributed by atoms with E-state index in [9.17, 15) is 9.18 Å². The zero-order chi connectivity index (χ0) is 16.5. The van der Waals surface area contributed by atoms with Crippen LogP contribution >= 0.6 is 0 Å².